The van der Waals surface area contributed by atoms with Crippen molar-refractivity contribution in [1.82, 2.24) is 10.6 Å². The Morgan fingerprint density at radius 3 is 2.68 bits per heavy atom. The molecule has 0 spiro atoms. The summed E-state index contributed by atoms with van der Waals surface area (Å²) in [6.45, 7) is 1.97. The summed E-state index contributed by atoms with van der Waals surface area (Å²) in [5.74, 6) is 0.136. The molecule has 0 radical (unpaired) electrons. The van der Waals surface area contributed by atoms with E-state index >= 15 is 0 Å². The molecule has 0 aromatic heterocycles. The molecule has 122 valence electrons. The lowest BCUT2D eigenvalue weighted by Crippen LogP contribution is -2.51. The van der Waals surface area contributed by atoms with Gasteiger partial charge in [-0.15, -0.1) is 0 Å². The zero-order valence-corrected chi connectivity index (χ0v) is 11.8. The number of hydrogen-bond acceptors (Lipinski definition) is 4. The van der Waals surface area contributed by atoms with Gasteiger partial charge in [0.1, 0.15) is 18.4 Å². The van der Waals surface area contributed by atoms with Crippen molar-refractivity contribution >= 4 is 5.91 Å². The Morgan fingerprint density at radius 1 is 1.36 bits per heavy atom. The number of nitrogens with one attached hydrogen (secondary N) is 2. The second-order valence-electron chi connectivity index (χ2n) is 4.74. The van der Waals surface area contributed by atoms with Crippen molar-refractivity contribution in [3.05, 3.63) is 29.8 Å². The molecule has 0 bridgehead atoms. The number of halogens is 3. The van der Waals surface area contributed by atoms with Crippen LogP contribution in [0.15, 0.2) is 24.3 Å². The monoisotopic (exact) mass is 318 g/mol. The van der Waals surface area contributed by atoms with Crippen molar-refractivity contribution in [2.24, 2.45) is 0 Å². The van der Waals surface area contributed by atoms with Crippen LogP contribution in [0.3, 0.4) is 0 Å². The van der Waals surface area contributed by atoms with Crippen LogP contribution in [0.5, 0.6) is 5.75 Å². The fourth-order valence-electron chi connectivity index (χ4n) is 1.94. The lowest BCUT2D eigenvalue weighted by atomic mass is 10.2. The Balaban J connectivity index is 1.69. The highest BCUT2D eigenvalue weighted by Crippen LogP contribution is 2.30. The summed E-state index contributed by atoms with van der Waals surface area (Å²) in [6.07, 6.45) is -4.36. The van der Waals surface area contributed by atoms with Crippen LogP contribution in [-0.4, -0.2) is 44.9 Å². The molecule has 1 heterocycles. The Labute approximate surface area is 125 Å². The molecule has 1 unspecified atom stereocenters. The van der Waals surface area contributed by atoms with Gasteiger partial charge >= 0.3 is 6.18 Å². The summed E-state index contributed by atoms with van der Waals surface area (Å²) in [7, 11) is 0. The van der Waals surface area contributed by atoms with E-state index in [0.29, 0.717) is 25.5 Å². The van der Waals surface area contributed by atoms with Crippen LogP contribution >= 0.6 is 0 Å². The molecule has 2 rings (SSSR count). The standard InChI is InChI=1S/C14H17F3N2O3/c15-14(16,17)10-1-3-11(4-2-10)22-8-6-19-13(20)12-9-21-7-5-18-12/h1-4,12,18H,5-9H2,(H,19,20). The molecule has 1 aromatic rings. The Bertz CT molecular complexity index is 485. The smallest absolute Gasteiger partial charge is 0.416 e. The molecule has 22 heavy (non-hydrogen) atoms. The number of carbonyl (C=O) groups excluding carboxylic acids is 1. The van der Waals surface area contributed by atoms with Crippen molar-refractivity contribution in [1.29, 1.82) is 0 Å². The van der Waals surface area contributed by atoms with Crippen molar-refractivity contribution in [2.45, 2.75) is 12.2 Å². The highest BCUT2D eigenvalue weighted by Gasteiger charge is 2.30. The molecule has 1 aliphatic heterocycles. The van der Waals surface area contributed by atoms with E-state index in [2.05, 4.69) is 10.6 Å². The van der Waals surface area contributed by atoms with Crippen LogP contribution in [0.1, 0.15) is 5.56 Å². The van der Waals surface area contributed by atoms with Gasteiger partial charge in [-0.3, -0.25) is 4.79 Å². The number of ether oxygens (including phenoxy) is 2. The van der Waals surface area contributed by atoms with Crippen molar-refractivity contribution < 1.29 is 27.4 Å². The predicted molar refractivity (Wildman–Crippen MR) is 72.6 cm³/mol. The topological polar surface area (TPSA) is 59.6 Å². The summed E-state index contributed by atoms with van der Waals surface area (Å²) < 4.78 is 47.6. The average molecular weight is 318 g/mol. The highest BCUT2D eigenvalue weighted by atomic mass is 19.4. The lowest BCUT2D eigenvalue weighted by Gasteiger charge is -2.22. The third-order valence-corrected chi connectivity index (χ3v) is 3.09. The van der Waals surface area contributed by atoms with Gasteiger partial charge in [0.25, 0.3) is 0 Å². The van der Waals surface area contributed by atoms with Crippen LogP contribution in [-0.2, 0) is 15.7 Å². The summed E-state index contributed by atoms with van der Waals surface area (Å²) >= 11 is 0. The normalized spacial score (nSPS) is 18.8. The van der Waals surface area contributed by atoms with Gasteiger partial charge in [-0.2, -0.15) is 13.2 Å². The first-order valence-corrected chi connectivity index (χ1v) is 6.86. The molecule has 2 N–H and O–H groups in total. The summed E-state index contributed by atoms with van der Waals surface area (Å²) in [6, 6.07) is 4.04. The van der Waals surface area contributed by atoms with E-state index in [9.17, 15) is 18.0 Å². The van der Waals surface area contributed by atoms with Gasteiger partial charge < -0.3 is 20.1 Å². The maximum Gasteiger partial charge on any atom is 0.416 e. The molecule has 1 atom stereocenters. The van der Waals surface area contributed by atoms with Crippen molar-refractivity contribution in [3.8, 4) is 5.75 Å². The maximum absolute atomic E-state index is 12.4. The SMILES string of the molecule is O=C(NCCOc1ccc(C(F)(F)F)cc1)C1COCCN1. The number of amides is 1. The van der Waals surface area contributed by atoms with Gasteiger partial charge in [0.05, 0.1) is 25.3 Å². The number of rotatable bonds is 5. The second kappa shape index (κ2) is 7.46. The van der Waals surface area contributed by atoms with Crippen LogP contribution < -0.4 is 15.4 Å². The van der Waals surface area contributed by atoms with Gasteiger partial charge in [-0.25, -0.2) is 0 Å². The third-order valence-electron chi connectivity index (χ3n) is 3.09. The van der Waals surface area contributed by atoms with Gasteiger partial charge in [0.15, 0.2) is 0 Å². The van der Waals surface area contributed by atoms with Gasteiger partial charge in [-0.05, 0) is 24.3 Å². The molecular formula is C14H17F3N2O3. The number of benzene rings is 1. The molecule has 0 saturated carbocycles. The van der Waals surface area contributed by atoms with E-state index in [4.69, 9.17) is 9.47 Å². The van der Waals surface area contributed by atoms with Crippen LogP contribution in [0, 0.1) is 0 Å². The average Bonchev–Trinajstić information content (AvgIpc) is 2.52. The number of hydrogen-bond donors (Lipinski definition) is 2. The molecule has 1 amide bonds. The second-order valence-corrected chi connectivity index (χ2v) is 4.74. The van der Waals surface area contributed by atoms with Gasteiger partial charge in [0.2, 0.25) is 5.91 Å². The first-order valence-electron chi connectivity index (χ1n) is 6.86. The Hall–Kier alpha value is -1.80. The first-order chi connectivity index (χ1) is 10.5. The number of carbonyl (C=O) groups is 1. The van der Waals surface area contributed by atoms with Crippen LogP contribution in [0.4, 0.5) is 13.2 Å². The largest absolute Gasteiger partial charge is 0.492 e. The minimum atomic E-state index is -4.36. The zero-order valence-electron chi connectivity index (χ0n) is 11.8. The summed E-state index contributed by atoms with van der Waals surface area (Å²) in [5.41, 5.74) is -0.725. The molecule has 1 aliphatic rings. The summed E-state index contributed by atoms with van der Waals surface area (Å²) in [5, 5.41) is 5.69. The number of morpholine rings is 1. The number of alkyl halides is 3. The maximum atomic E-state index is 12.4. The molecular weight excluding hydrogens is 301 g/mol. The molecule has 1 aromatic carbocycles. The first kappa shape index (κ1) is 16.6. The molecule has 5 nitrogen and oxygen atoms in total. The lowest BCUT2D eigenvalue weighted by molar-refractivity contribution is -0.137. The fraction of sp³-hybridized carbons (Fsp3) is 0.500. The minimum Gasteiger partial charge on any atom is -0.492 e. The van der Waals surface area contributed by atoms with E-state index in [1.807, 2.05) is 0 Å². The fourth-order valence-corrected chi connectivity index (χ4v) is 1.94. The van der Waals surface area contributed by atoms with Crippen LogP contribution in [0.2, 0.25) is 0 Å². The van der Waals surface area contributed by atoms with Gasteiger partial charge in [0, 0.05) is 6.54 Å². The van der Waals surface area contributed by atoms with Gasteiger partial charge in [-0.1, -0.05) is 0 Å². The van der Waals surface area contributed by atoms with Crippen molar-refractivity contribution in [2.75, 3.05) is 32.9 Å². The zero-order chi connectivity index (χ0) is 16.0. The molecule has 8 heteroatoms. The Morgan fingerprint density at radius 2 is 2.09 bits per heavy atom. The highest BCUT2D eigenvalue weighted by molar-refractivity contribution is 5.81. The van der Waals surface area contributed by atoms with E-state index < -0.39 is 11.7 Å². The summed E-state index contributed by atoms with van der Waals surface area (Å²) in [4.78, 5) is 11.7. The van der Waals surface area contributed by atoms with Crippen molar-refractivity contribution in [3.63, 3.8) is 0 Å². The molecule has 0 aliphatic carbocycles. The minimum absolute atomic E-state index is 0.171. The van der Waals surface area contributed by atoms with E-state index in [1.165, 1.54) is 12.1 Å². The third kappa shape index (κ3) is 4.88. The molecule has 1 saturated heterocycles. The van der Waals surface area contributed by atoms with E-state index in [-0.39, 0.29) is 25.1 Å². The Kier molecular flexibility index (Phi) is 5.62. The molecule has 1 fully saturated rings. The van der Waals surface area contributed by atoms with E-state index in [0.717, 1.165) is 12.1 Å². The predicted octanol–water partition coefficient (Wildman–Crippen LogP) is 1.19. The van der Waals surface area contributed by atoms with Crippen LogP contribution in [0.25, 0.3) is 0 Å². The quantitative estimate of drug-likeness (QED) is 0.801. The van der Waals surface area contributed by atoms with E-state index in [1.54, 1.807) is 0 Å².